The van der Waals surface area contributed by atoms with E-state index in [1.54, 1.807) is 7.05 Å². The number of hydrogen-bond donors (Lipinski definition) is 1. The lowest BCUT2D eigenvalue weighted by Crippen LogP contribution is -2.42. The third-order valence-electron chi connectivity index (χ3n) is 4.72. The summed E-state index contributed by atoms with van der Waals surface area (Å²) in [5.41, 5.74) is 1.07. The third-order valence-corrected chi connectivity index (χ3v) is 5.09. The van der Waals surface area contributed by atoms with Gasteiger partial charge in [0.25, 0.3) is 0 Å². The average Bonchev–Trinajstić information content (AvgIpc) is 3.03. The van der Waals surface area contributed by atoms with Gasteiger partial charge in [-0.1, -0.05) is 36.7 Å². The van der Waals surface area contributed by atoms with E-state index < -0.39 is 0 Å². The van der Waals surface area contributed by atoms with Gasteiger partial charge in [0.1, 0.15) is 0 Å². The molecule has 146 valence electrons. The van der Waals surface area contributed by atoms with Crippen LogP contribution in [0.4, 0.5) is 0 Å². The maximum Gasteiger partial charge on any atom is 0.222 e. The van der Waals surface area contributed by atoms with Crippen LogP contribution in [0.25, 0.3) is 0 Å². The molecular formula is C19H30ClIN4O. The van der Waals surface area contributed by atoms with Crippen molar-refractivity contribution in [2.75, 3.05) is 27.2 Å². The van der Waals surface area contributed by atoms with Crippen LogP contribution in [-0.4, -0.2) is 54.9 Å². The van der Waals surface area contributed by atoms with Crippen molar-refractivity contribution in [2.45, 2.75) is 45.2 Å². The van der Waals surface area contributed by atoms with E-state index in [0.29, 0.717) is 24.9 Å². The fourth-order valence-corrected chi connectivity index (χ4v) is 3.52. The van der Waals surface area contributed by atoms with Crippen LogP contribution in [0.5, 0.6) is 0 Å². The molecule has 1 amide bonds. The number of benzene rings is 1. The van der Waals surface area contributed by atoms with E-state index in [2.05, 4.69) is 22.1 Å². The molecule has 1 atom stereocenters. The SMILES string of the molecule is CCC(CCNC(=NC)N(C)Cc1ccccc1Cl)N1CCCC1=O.I. The molecule has 0 saturated carbocycles. The van der Waals surface area contributed by atoms with Gasteiger partial charge in [-0.05, 0) is 30.9 Å². The van der Waals surface area contributed by atoms with Crippen LogP contribution in [0.15, 0.2) is 29.3 Å². The smallest absolute Gasteiger partial charge is 0.222 e. The maximum absolute atomic E-state index is 11.9. The lowest BCUT2D eigenvalue weighted by atomic mass is 10.1. The molecule has 2 rings (SSSR count). The molecule has 5 nitrogen and oxygen atoms in total. The lowest BCUT2D eigenvalue weighted by molar-refractivity contribution is -0.129. The van der Waals surface area contributed by atoms with Gasteiger partial charge < -0.3 is 15.1 Å². The Labute approximate surface area is 179 Å². The average molecular weight is 493 g/mol. The molecule has 1 aromatic carbocycles. The third kappa shape index (κ3) is 6.30. The van der Waals surface area contributed by atoms with Gasteiger partial charge in [-0.15, -0.1) is 24.0 Å². The van der Waals surface area contributed by atoms with Gasteiger partial charge in [-0.25, -0.2) is 0 Å². The van der Waals surface area contributed by atoms with Crippen molar-refractivity contribution in [3.63, 3.8) is 0 Å². The summed E-state index contributed by atoms with van der Waals surface area (Å²) in [4.78, 5) is 20.4. The summed E-state index contributed by atoms with van der Waals surface area (Å²) in [6, 6.07) is 8.17. The molecule has 1 saturated heterocycles. The highest BCUT2D eigenvalue weighted by atomic mass is 127. The quantitative estimate of drug-likeness (QED) is 0.358. The number of aliphatic imine (C=N–C) groups is 1. The summed E-state index contributed by atoms with van der Waals surface area (Å²) < 4.78 is 0. The molecule has 0 bridgehead atoms. The monoisotopic (exact) mass is 492 g/mol. The summed E-state index contributed by atoms with van der Waals surface area (Å²) >= 11 is 6.24. The summed E-state index contributed by atoms with van der Waals surface area (Å²) in [6.07, 6.45) is 3.61. The molecule has 1 fully saturated rings. The maximum atomic E-state index is 11.9. The van der Waals surface area contributed by atoms with Crippen molar-refractivity contribution in [1.29, 1.82) is 0 Å². The highest BCUT2D eigenvalue weighted by molar-refractivity contribution is 14.0. The second-order valence-electron chi connectivity index (χ2n) is 6.46. The Morgan fingerprint density at radius 1 is 1.42 bits per heavy atom. The minimum atomic E-state index is 0. The number of carbonyl (C=O) groups excluding carboxylic acids is 1. The predicted octanol–water partition coefficient (Wildman–Crippen LogP) is 3.76. The summed E-state index contributed by atoms with van der Waals surface area (Å²) in [7, 11) is 3.78. The van der Waals surface area contributed by atoms with Crippen molar-refractivity contribution in [1.82, 2.24) is 15.1 Å². The highest BCUT2D eigenvalue weighted by Gasteiger charge is 2.26. The molecule has 1 unspecified atom stereocenters. The first-order chi connectivity index (χ1) is 12.1. The van der Waals surface area contributed by atoms with Gasteiger partial charge >= 0.3 is 0 Å². The first-order valence-electron chi connectivity index (χ1n) is 9.01. The minimum Gasteiger partial charge on any atom is -0.356 e. The Hall–Kier alpha value is -1.02. The molecule has 0 aromatic heterocycles. The standard InChI is InChI=1S/C19H29ClN4O.HI/c1-4-16(24-13-7-10-18(24)25)11-12-22-19(21-2)23(3)14-15-8-5-6-9-17(15)20;/h5-6,8-9,16H,4,7,10-14H2,1-3H3,(H,21,22);1H. The molecule has 26 heavy (non-hydrogen) atoms. The molecule has 1 aliphatic heterocycles. The summed E-state index contributed by atoms with van der Waals surface area (Å²) in [5, 5.41) is 4.17. The highest BCUT2D eigenvalue weighted by Crippen LogP contribution is 2.18. The van der Waals surface area contributed by atoms with Crippen molar-refractivity contribution < 1.29 is 4.79 Å². The minimum absolute atomic E-state index is 0. The van der Waals surface area contributed by atoms with Gasteiger partial charge in [-0.2, -0.15) is 0 Å². The Morgan fingerprint density at radius 3 is 2.73 bits per heavy atom. The van der Waals surface area contributed by atoms with E-state index in [1.807, 2.05) is 36.2 Å². The van der Waals surface area contributed by atoms with E-state index >= 15 is 0 Å². The van der Waals surface area contributed by atoms with Crippen LogP contribution in [-0.2, 0) is 11.3 Å². The molecule has 7 heteroatoms. The number of rotatable bonds is 7. The summed E-state index contributed by atoms with van der Waals surface area (Å²) in [5.74, 6) is 1.13. The van der Waals surface area contributed by atoms with Gasteiger partial charge in [-0.3, -0.25) is 9.79 Å². The summed E-state index contributed by atoms with van der Waals surface area (Å²) in [6.45, 7) is 4.54. The molecule has 1 aliphatic rings. The largest absolute Gasteiger partial charge is 0.356 e. The Morgan fingerprint density at radius 2 is 2.15 bits per heavy atom. The number of hydrogen-bond acceptors (Lipinski definition) is 2. The molecular weight excluding hydrogens is 463 g/mol. The zero-order chi connectivity index (χ0) is 18.2. The molecule has 1 heterocycles. The van der Waals surface area contributed by atoms with Crippen LogP contribution in [0.2, 0.25) is 5.02 Å². The number of nitrogens with one attached hydrogen (secondary N) is 1. The van der Waals surface area contributed by atoms with Crippen molar-refractivity contribution >= 4 is 47.4 Å². The molecule has 0 spiro atoms. The molecule has 1 aromatic rings. The lowest BCUT2D eigenvalue weighted by Gasteiger charge is -2.28. The van der Waals surface area contributed by atoms with Crippen molar-refractivity contribution in [3.8, 4) is 0 Å². The number of nitrogens with zero attached hydrogens (tertiary/aromatic N) is 3. The van der Waals surface area contributed by atoms with Gasteiger partial charge in [0.2, 0.25) is 5.91 Å². The Kier molecular flexibility index (Phi) is 10.3. The fourth-order valence-electron chi connectivity index (χ4n) is 3.33. The van der Waals surface area contributed by atoms with Crippen molar-refractivity contribution in [3.05, 3.63) is 34.9 Å². The predicted molar refractivity (Wildman–Crippen MR) is 119 cm³/mol. The first-order valence-corrected chi connectivity index (χ1v) is 9.39. The van der Waals surface area contributed by atoms with Gasteiger partial charge in [0, 0.05) is 51.2 Å². The van der Waals surface area contributed by atoms with E-state index in [-0.39, 0.29) is 24.0 Å². The number of halogens is 2. The van der Waals surface area contributed by atoms with Crippen molar-refractivity contribution in [2.24, 2.45) is 4.99 Å². The molecule has 0 aliphatic carbocycles. The number of amides is 1. The number of guanidine groups is 1. The molecule has 1 N–H and O–H groups in total. The Balaban J connectivity index is 0.00000338. The first kappa shape index (κ1) is 23.0. The fraction of sp³-hybridized carbons (Fsp3) is 0.579. The second kappa shape index (κ2) is 11.6. The van der Waals surface area contributed by atoms with Gasteiger partial charge in [0.05, 0.1) is 0 Å². The van der Waals surface area contributed by atoms with Crippen LogP contribution in [0.1, 0.15) is 38.2 Å². The van der Waals surface area contributed by atoms with E-state index in [4.69, 9.17) is 11.6 Å². The van der Waals surface area contributed by atoms with E-state index in [9.17, 15) is 4.79 Å². The van der Waals surface area contributed by atoms with Crippen LogP contribution in [0.3, 0.4) is 0 Å². The van der Waals surface area contributed by atoms with Crippen LogP contribution in [0, 0.1) is 0 Å². The van der Waals surface area contributed by atoms with Crippen LogP contribution < -0.4 is 5.32 Å². The van der Waals surface area contributed by atoms with E-state index in [0.717, 1.165) is 48.9 Å². The Bertz CT molecular complexity index is 611. The normalized spacial score (nSPS) is 15.6. The zero-order valence-electron chi connectivity index (χ0n) is 15.9. The number of likely N-dealkylation sites (tertiary alicyclic amines) is 1. The van der Waals surface area contributed by atoms with Crippen LogP contribution >= 0.6 is 35.6 Å². The molecule has 0 radical (unpaired) electrons. The topological polar surface area (TPSA) is 47.9 Å². The number of carbonyl (C=O) groups is 1. The van der Waals surface area contributed by atoms with E-state index in [1.165, 1.54) is 0 Å². The zero-order valence-corrected chi connectivity index (χ0v) is 19.0. The second-order valence-corrected chi connectivity index (χ2v) is 6.87. The van der Waals surface area contributed by atoms with Gasteiger partial charge in [0.15, 0.2) is 5.96 Å².